The van der Waals surface area contributed by atoms with Gasteiger partial charge in [0.1, 0.15) is 6.10 Å². The molecule has 1 atom stereocenters. The van der Waals surface area contributed by atoms with Gasteiger partial charge >= 0.3 is 0 Å². The quantitative estimate of drug-likeness (QED) is 0.781. The Hall–Kier alpha value is -0.970. The predicted octanol–water partition coefficient (Wildman–Crippen LogP) is 3.99. The highest BCUT2D eigenvalue weighted by molar-refractivity contribution is 9.10. The van der Waals surface area contributed by atoms with Crippen LogP contribution in [-0.2, 0) is 11.2 Å². The molecule has 0 saturated carbocycles. The molecule has 4 heteroatoms. The van der Waals surface area contributed by atoms with Crippen molar-refractivity contribution >= 4 is 33.6 Å². The van der Waals surface area contributed by atoms with Gasteiger partial charge in [-0.15, -0.1) is 11.3 Å². The molecule has 18 heavy (non-hydrogen) atoms. The van der Waals surface area contributed by atoms with E-state index in [1.54, 1.807) is 0 Å². The number of hydrogen-bond donors (Lipinski definition) is 0. The summed E-state index contributed by atoms with van der Waals surface area (Å²) in [6.45, 7) is 0.728. The van der Waals surface area contributed by atoms with E-state index in [9.17, 15) is 4.79 Å². The molecule has 0 amide bonds. The number of hydrogen-bond acceptors (Lipinski definition) is 3. The minimum atomic E-state index is -0.0452. The van der Waals surface area contributed by atoms with Crippen molar-refractivity contribution in [2.75, 3.05) is 6.61 Å². The van der Waals surface area contributed by atoms with Crippen LogP contribution in [0.25, 0.3) is 0 Å². The summed E-state index contributed by atoms with van der Waals surface area (Å²) in [5, 5.41) is 2.00. The Bertz CT molecular complexity index is 591. The van der Waals surface area contributed by atoms with Gasteiger partial charge in [0, 0.05) is 4.47 Å². The standard InChI is InChI=1S/C14H11BrO2S/c15-11-2-1-9-3-4-17-14(13(9)6-11)10-5-12(7-16)18-8-10/h1-2,5-8,14H,3-4H2. The molecule has 3 rings (SSSR count). The van der Waals surface area contributed by atoms with Gasteiger partial charge in [0.05, 0.1) is 11.5 Å². The monoisotopic (exact) mass is 322 g/mol. The third kappa shape index (κ3) is 2.16. The topological polar surface area (TPSA) is 26.3 Å². The fraction of sp³-hybridized carbons (Fsp3) is 0.214. The summed E-state index contributed by atoms with van der Waals surface area (Å²) >= 11 is 4.96. The molecule has 1 aliphatic heterocycles. The Morgan fingerprint density at radius 1 is 1.39 bits per heavy atom. The molecular weight excluding hydrogens is 312 g/mol. The number of halogens is 1. The van der Waals surface area contributed by atoms with Gasteiger partial charge in [-0.1, -0.05) is 22.0 Å². The van der Waals surface area contributed by atoms with E-state index in [1.165, 1.54) is 22.5 Å². The van der Waals surface area contributed by atoms with Gasteiger partial charge in [-0.25, -0.2) is 0 Å². The van der Waals surface area contributed by atoms with E-state index in [4.69, 9.17) is 4.74 Å². The number of carbonyl (C=O) groups is 1. The molecule has 0 N–H and O–H groups in total. The summed E-state index contributed by atoms with van der Waals surface area (Å²) in [5.74, 6) is 0. The second-order valence-electron chi connectivity index (χ2n) is 4.24. The highest BCUT2D eigenvalue weighted by atomic mass is 79.9. The van der Waals surface area contributed by atoms with E-state index in [0.717, 1.165) is 34.2 Å². The van der Waals surface area contributed by atoms with Crippen LogP contribution in [0.2, 0.25) is 0 Å². The van der Waals surface area contributed by atoms with E-state index < -0.39 is 0 Å². The summed E-state index contributed by atoms with van der Waals surface area (Å²) in [6.07, 6.45) is 1.79. The van der Waals surface area contributed by atoms with E-state index in [-0.39, 0.29) is 6.10 Å². The number of benzene rings is 1. The van der Waals surface area contributed by atoms with Crippen molar-refractivity contribution in [3.8, 4) is 0 Å². The predicted molar refractivity (Wildman–Crippen MR) is 75.3 cm³/mol. The van der Waals surface area contributed by atoms with Crippen LogP contribution in [0.1, 0.15) is 32.5 Å². The number of thiophene rings is 1. The molecule has 2 aromatic rings. The van der Waals surface area contributed by atoms with Gasteiger partial charge in [-0.2, -0.15) is 0 Å². The fourth-order valence-corrected chi connectivity index (χ4v) is 3.36. The lowest BCUT2D eigenvalue weighted by atomic mass is 9.94. The second kappa shape index (κ2) is 4.96. The number of rotatable bonds is 2. The van der Waals surface area contributed by atoms with E-state index in [2.05, 4.69) is 34.1 Å². The van der Waals surface area contributed by atoms with Crippen LogP contribution in [0.15, 0.2) is 34.1 Å². The lowest BCUT2D eigenvalue weighted by Gasteiger charge is -2.25. The molecular formula is C14H11BrO2S. The Morgan fingerprint density at radius 2 is 2.28 bits per heavy atom. The van der Waals surface area contributed by atoms with Crippen LogP contribution in [0.3, 0.4) is 0 Å². The molecule has 1 aromatic carbocycles. The molecule has 0 radical (unpaired) electrons. The molecule has 1 unspecified atom stereocenters. The van der Waals surface area contributed by atoms with E-state index in [0.29, 0.717) is 0 Å². The first-order valence-electron chi connectivity index (χ1n) is 5.71. The van der Waals surface area contributed by atoms with Crippen LogP contribution in [0.5, 0.6) is 0 Å². The minimum absolute atomic E-state index is 0.0452. The Kier molecular flexibility index (Phi) is 3.33. The molecule has 0 saturated heterocycles. The van der Waals surface area contributed by atoms with Crippen molar-refractivity contribution in [1.29, 1.82) is 0 Å². The van der Waals surface area contributed by atoms with Crippen molar-refractivity contribution in [2.24, 2.45) is 0 Å². The smallest absolute Gasteiger partial charge is 0.160 e. The van der Waals surface area contributed by atoms with Crippen molar-refractivity contribution < 1.29 is 9.53 Å². The second-order valence-corrected chi connectivity index (χ2v) is 6.10. The first kappa shape index (κ1) is 12.1. The lowest BCUT2D eigenvalue weighted by Crippen LogP contribution is -2.16. The largest absolute Gasteiger partial charge is 0.368 e. The number of carbonyl (C=O) groups excluding carboxylic acids is 1. The minimum Gasteiger partial charge on any atom is -0.368 e. The van der Waals surface area contributed by atoms with Gasteiger partial charge in [-0.3, -0.25) is 4.79 Å². The Morgan fingerprint density at radius 3 is 3.06 bits per heavy atom. The summed E-state index contributed by atoms with van der Waals surface area (Å²) < 4.78 is 6.93. The summed E-state index contributed by atoms with van der Waals surface area (Å²) in [5.41, 5.74) is 3.60. The molecule has 0 fully saturated rings. The van der Waals surface area contributed by atoms with Crippen molar-refractivity contribution in [3.05, 3.63) is 55.7 Å². The zero-order valence-corrected chi connectivity index (χ0v) is 12.0. The van der Waals surface area contributed by atoms with Gasteiger partial charge in [-0.05, 0) is 46.7 Å². The maximum Gasteiger partial charge on any atom is 0.160 e. The third-order valence-corrected chi connectivity index (χ3v) is 4.47. The summed E-state index contributed by atoms with van der Waals surface area (Å²) in [7, 11) is 0. The third-order valence-electron chi connectivity index (χ3n) is 3.11. The van der Waals surface area contributed by atoms with E-state index in [1.807, 2.05) is 11.4 Å². The first-order chi connectivity index (χ1) is 8.78. The van der Waals surface area contributed by atoms with Crippen LogP contribution in [0, 0.1) is 0 Å². The zero-order chi connectivity index (χ0) is 12.5. The average Bonchev–Trinajstić information content (AvgIpc) is 2.86. The zero-order valence-electron chi connectivity index (χ0n) is 9.56. The normalized spacial score (nSPS) is 18.4. The number of ether oxygens (including phenoxy) is 1. The van der Waals surface area contributed by atoms with Crippen LogP contribution in [0.4, 0.5) is 0 Å². The molecule has 1 aliphatic rings. The Balaban J connectivity index is 2.04. The summed E-state index contributed by atoms with van der Waals surface area (Å²) in [6, 6.07) is 8.23. The van der Waals surface area contributed by atoms with Crippen molar-refractivity contribution in [2.45, 2.75) is 12.5 Å². The lowest BCUT2D eigenvalue weighted by molar-refractivity contribution is 0.0700. The molecule has 92 valence electrons. The summed E-state index contributed by atoms with van der Waals surface area (Å²) in [4.78, 5) is 11.5. The van der Waals surface area contributed by atoms with Crippen molar-refractivity contribution in [1.82, 2.24) is 0 Å². The molecule has 2 heterocycles. The molecule has 2 nitrogen and oxygen atoms in total. The van der Waals surface area contributed by atoms with Crippen LogP contribution < -0.4 is 0 Å². The first-order valence-corrected chi connectivity index (χ1v) is 7.39. The maximum absolute atomic E-state index is 10.8. The van der Waals surface area contributed by atoms with Crippen LogP contribution >= 0.6 is 27.3 Å². The van der Waals surface area contributed by atoms with E-state index >= 15 is 0 Å². The van der Waals surface area contributed by atoms with Crippen molar-refractivity contribution in [3.63, 3.8) is 0 Å². The molecule has 0 aliphatic carbocycles. The van der Waals surface area contributed by atoms with Gasteiger partial charge in [0.15, 0.2) is 6.29 Å². The average molecular weight is 323 g/mol. The molecule has 1 aromatic heterocycles. The van der Waals surface area contributed by atoms with Gasteiger partial charge < -0.3 is 4.74 Å². The SMILES string of the molecule is O=Cc1cc(C2OCCc3ccc(Br)cc32)cs1. The van der Waals surface area contributed by atoms with Gasteiger partial charge in [0.25, 0.3) is 0 Å². The maximum atomic E-state index is 10.8. The number of aldehydes is 1. The highest BCUT2D eigenvalue weighted by Crippen LogP contribution is 2.35. The molecule has 0 spiro atoms. The molecule has 0 bridgehead atoms. The number of fused-ring (bicyclic) bond motifs is 1. The highest BCUT2D eigenvalue weighted by Gasteiger charge is 2.23. The van der Waals surface area contributed by atoms with Gasteiger partial charge in [0.2, 0.25) is 0 Å². The Labute approximate surface area is 118 Å². The fourth-order valence-electron chi connectivity index (χ4n) is 2.26. The van der Waals surface area contributed by atoms with Crippen LogP contribution in [-0.4, -0.2) is 12.9 Å².